The maximum Gasteiger partial charge on any atom is 0.238 e. The summed E-state index contributed by atoms with van der Waals surface area (Å²) in [6.45, 7) is 2.56. The Morgan fingerprint density at radius 1 is 1.35 bits per heavy atom. The number of nitrogens with one attached hydrogen (secondary N) is 1. The van der Waals surface area contributed by atoms with Gasteiger partial charge in [-0.15, -0.1) is 0 Å². The van der Waals surface area contributed by atoms with Crippen molar-refractivity contribution < 1.29 is 8.42 Å². The van der Waals surface area contributed by atoms with Crippen LogP contribution in [0.5, 0.6) is 0 Å². The molecule has 23 heavy (non-hydrogen) atoms. The van der Waals surface area contributed by atoms with Crippen LogP contribution in [0.4, 0.5) is 0 Å². The molecule has 2 heterocycles. The number of rotatable bonds is 4. The van der Waals surface area contributed by atoms with Gasteiger partial charge in [-0.3, -0.25) is 4.68 Å². The lowest BCUT2D eigenvalue weighted by Gasteiger charge is -2.18. The molecule has 0 saturated carbocycles. The minimum atomic E-state index is -3.89. The zero-order valence-electron chi connectivity index (χ0n) is 12.9. The van der Waals surface area contributed by atoms with Crippen LogP contribution in [0.25, 0.3) is 11.1 Å². The average Bonchev–Trinajstić information content (AvgIpc) is 2.96. The fraction of sp³-hybridized carbons (Fsp3) is 0.400. The predicted molar refractivity (Wildman–Crippen MR) is 85.5 cm³/mol. The zero-order valence-corrected chi connectivity index (χ0v) is 13.7. The molecule has 1 aliphatic heterocycles. The molecule has 0 fully saturated rings. The monoisotopic (exact) mass is 333 g/mol. The molecule has 3 rings (SSSR count). The number of aryl methyl sites for hydroxylation is 1. The number of hydrogen-bond donors (Lipinski definition) is 2. The second-order valence-electron chi connectivity index (χ2n) is 5.75. The summed E-state index contributed by atoms with van der Waals surface area (Å²) >= 11 is 0. The molecule has 1 aliphatic rings. The lowest BCUT2D eigenvalue weighted by atomic mass is 9.94. The highest BCUT2D eigenvalue weighted by molar-refractivity contribution is 7.89. The first-order valence-electron chi connectivity index (χ1n) is 7.51. The third-order valence-electron chi connectivity index (χ3n) is 4.26. The number of benzene rings is 1. The number of aromatic nitrogens is 2. The van der Waals surface area contributed by atoms with E-state index in [-0.39, 0.29) is 4.90 Å². The molecule has 0 amide bonds. The van der Waals surface area contributed by atoms with E-state index in [9.17, 15) is 8.42 Å². The lowest BCUT2D eigenvalue weighted by molar-refractivity contribution is 0.487. The number of hydrogen-bond acceptors (Lipinski definition) is 5. The van der Waals surface area contributed by atoms with Crippen molar-refractivity contribution >= 4 is 10.0 Å². The van der Waals surface area contributed by atoms with E-state index in [0.717, 1.165) is 42.6 Å². The second-order valence-corrected chi connectivity index (χ2v) is 7.28. The summed E-state index contributed by atoms with van der Waals surface area (Å²) < 4.78 is 25.8. The van der Waals surface area contributed by atoms with E-state index in [1.165, 1.54) is 6.07 Å². The molecule has 1 unspecified atom stereocenters. The topological polar surface area (TPSA) is 114 Å². The molecule has 1 aromatic carbocycles. The van der Waals surface area contributed by atoms with Crippen LogP contribution in [0, 0.1) is 5.53 Å². The summed E-state index contributed by atoms with van der Waals surface area (Å²) in [5.74, 6) is 0. The minimum Gasteiger partial charge on any atom is -0.269 e. The highest BCUT2D eigenvalue weighted by atomic mass is 32.2. The number of nitrogens with two attached hydrogens (primary N) is 1. The molecule has 0 aliphatic carbocycles. The molecular formula is C15H19N5O2S. The van der Waals surface area contributed by atoms with Crippen LogP contribution in [-0.4, -0.2) is 18.2 Å². The molecule has 1 atom stereocenters. The van der Waals surface area contributed by atoms with Crippen LogP contribution in [0.2, 0.25) is 0 Å². The molecule has 0 saturated heterocycles. The first-order valence-corrected chi connectivity index (χ1v) is 9.05. The van der Waals surface area contributed by atoms with Crippen molar-refractivity contribution in [2.45, 2.75) is 43.7 Å². The summed E-state index contributed by atoms with van der Waals surface area (Å²) in [6, 6.07) is 4.38. The molecule has 0 bridgehead atoms. The van der Waals surface area contributed by atoms with Crippen LogP contribution in [0.3, 0.4) is 0 Å². The third-order valence-corrected chi connectivity index (χ3v) is 5.23. The predicted octanol–water partition coefficient (Wildman–Crippen LogP) is 2.63. The lowest BCUT2D eigenvalue weighted by Crippen LogP contribution is -2.16. The summed E-state index contributed by atoms with van der Waals surface area (Å²) in [4.78, 5) is 0.0225. The summed E-state index contributed by atoms with van der Waals surface area (Å²) in [5, 5.41) is 13.3. The van der Waals surface area contributed by atoms with E-state index < -0.39 is 16.1 Å². The smallest absolute Gasteiger partial charge is 0.238 e. The van der Waals surface area contributed by atoms with Crippen LogP contribution in [-0.2, 0) is 23.0 Å². The molecule has 0 radical (unpaired) electrons. The van der Waals surface area contributed by atoms with Crippen molar-refractivity contribution in [3.8, 4) is 11.1 Å². The van der Waals surface area contributed by atoms with Crippen LogP contribution >= 0.6 is 0 Å². The van der Waals surface area contributed by atoms with Gasteiger partial charge in [0.05, 0.1) is 17.1 Å². The Bertz CT molecular complexity index is 857. The Labute approximate surface area is 135 Å². The number of fused-ring (bicyclic) bond motifs is 1. The van der Waals surface area contributed by atoms with E-state index in [4.69, 9.17) is 10.7 Å². The van der Waals surface area contributed by atoms with Gasteiger partial charge < -0.3 is 0 Å². The zero-order chi connectivity index (χ0) is 16.6. The van der Waals surface area contributed by atoms with Crippen molar-refractivity contribution in [2.24, 2.45) is 10.3 Å². The van der Waals surface area contributed by atoms with Gasteiger partial charge in [0.2, 0.25) is 10.0 Å². The second kappa shape index (κ2) is 5.86. The first-order chi connectivity index (χ1) is 10.9. The van der Waals surface area contributed by atoms with Crippen LogP contribution in [0.1, 0.15) is 37.1 Å². The number of primary sulfonamides is 1. The SMILES string of the molecule is CC(N=N)c1c(-c2cnn3c2CCCC3)cccc1S(N)(=O)=O. The van der Waals surface area contributed by atoms with Gasteiger partial charge >= 0.3 is 0 Å². The number of nitrogens with zero attached hydrogens (tertiary/aromatic N) is 3. The van der Waals surface area contributed by atoms with E-state index in [2.05, 4.69) is 10.2 Å². The maximum absolute atomic E-state index is 11.9. The summed E-state index contributed by atoms with van der Waals surface area (Å²) in [6.07, 6.45) is 4.85. The van der Waals surface area contributed by atoms with Crippen molar-refractivity contribution in [3.05, 3.63) is 35.7 Å². The Balaban J connectivity index is 2.28. The molecule has 122 valence electrons. The van der Waals surface area contributed by atoms with Crippen molar-refractivity contribution in [3.63, 3.8) is 0 Å². The molecular weight excluding hydrogens is 314 g/mol. The molecule has 1 aromatic heterocycles. The Morgan fingerprint density at radius 2 is 2.13 bits per heavy atom. The summed E-state index contributed by atoms with van der Waals surface area (Å²) in [5.41, 5.74) is 10.5. The van der Waals surface area contributed by atoms with Crippen molar-refractivity contribution in [1.29, 1.82) is 5.53 Å². The quantitative estimate of drug-likeness (QED) is 0.838. The van der Waals surface area contributed by atoms with Gasteiger partial charge in [0.1, 0.15) is 0 Å². The maximum atomic E-state index is 11.9. The largest absolute Gasteiger partial charge is 0.269 e. The Hall–Kier alpha value is -2.06. The first kappa shape index (κ1) is 15.8. The molecule has 8 heteroatoms. The van der Waals surface area contributed by atoms with Crippen molar-refractivity contribution in [2.75, 3.05) is 0 Å². The van der Waals surface area contributed by atoms with Gasteiger partial charge in [-0.1, -0.05) is 12.1 Å². The van der Waals surface area contributed by atoms with E-state index in [0.29, 0.717) is 5.56 Å². The molecule has 3 N–H and O–H groups in total. The van der Waals surface area contributed by atoms with Crippen molar-refractivity contribution in [1.82, 2.24) is 9.78 Å². The van der Waals surface area contributed by atoms with Gasteiger partial charge in [-0.05, 0) is 37.8 Å². The minimum absolute atomic E-state index is 0.0225. The highest BCUT2D eigenvalue weighted by Crippen LogP contribution is 2.37. The van der Waals surface area contributed by atoms with E-state index in [1.54, 1.807) is 19.2 Å². The third kappa shape index (κ3) is 2.79. The summed E-state index contributed by atoms with van der Waals surface area (Å²) in [7, 11) is -3.89. The van der Waals surface area contributed by atoms with Crippen LogP contribution in [0.15, 0.2) is 34.4 Å². The average molecular weight is 333 g/mol. The van der Waals surface area contributed by atoms with Gasteiger partial charge in [0.25, 0.3) is 0 Å². The van der Waals surface area contributed by atoms with Gasteiger partial charge in [-0.25, -0.2) is 19.1 Å². The fourth-order valence-corrected chi connectivity index (χ4v) is 4.02. The van der Waals surface area contributed by atoms with Gasteiger partial charge in [0, 0.05) is 23.4 Å². The Morgan fingerprint density at radius 3 is 2.83 bits per heavy atom. The fourth-order valence-electron chi connectivity index (χ4n) is 3.17. The van der Waals surface area contributed by atoms with E-state index in [1.807, 2.05) is 10.7 Å². The van der Waals surface area contributed by atoms with Gasteiger partial charge in [-0.2, -0.15) is 10.2 Å². The molecule has 7 nitrogen and oxygen atoms in total. The molecule has 0 spiro atoms. The van der Waals surface area contributed by atoms with Crippen LogP contribution < -0.4 is 5.14 Å². The molecule has 2 aromatic rings. The van der Waals surface area contributed by atoms with E-state index >= 15 is 0 Å². The standard InChI is InChI=1S/C15H19N5O2S/c1-10(19-16)15-11(5-4-7-14(15)23(17,21)22)12-9-18-20-8-3-2-6-13(12)20/h4-5,7,9-10,16H,2-3,6,8H2,1H3,(H2,17,21,22). The normalized spacial score (nSPS) is 15.9. The highest BCUT2D eigenvalue weighted by Gasteiger charge is 2.25. The van der Waals surface area contributed by atoms with Gasteiger partial charge in [0.15, 0.2) is 0 Å². The number of sulfonamides is 1. The Kier molecular flexibility index (Phi) is 4.03.